The largest absolute Gasteiger partial charge is 0.497 e. The summed E-state index contributed by atoms with van der Waals surface area (Å²) in [5, 5.41) is 5.52. The van der Waals surface area contributed by atoms with E-state index in [1.165, 1.54) is 25.4 Å². The second kappa shape index (κ2) is 12.0. The third-order valence-corrected chi connectivity index (χ3v) is 8.14. The lowest BCUT2D eigenvalue weighted by molar-refractivity contribution is -0.137. The maximum absolute atomic E-state index is 13.1. The van der Waals surface area contributed by atoms with E-state index >= 15 is 0 Å². The quantitative estimate of drug-likeness (QED) is 0.490. The van der Waals surface area contributed by atoms with Crippen LogP contribution in [0.5, 0.6) is 11.5 Å². The lowest BCUT2D eigenvalue weighted by Crippen LogP contribution is -2.53. The van der Waals surface area contributed by atoms with Crippen LogP contribution in [0.15, 0.2) is 47.4 Å². The van der Waals surface area contributed by atoms with E-state index < -0.39 is 39.6 Å². The van der Waals surface area contributed by atoms with Gasteiger partial charge in [0.2, 0.25) is 21.8 Å². The Kier molecular flexibility index (Phi) is 9.26. The molecule has 2 aromatic carbocycles. The molecule has 0 spiro atoms. The average molecular weight is 558 g/mol. The van der Waals surface area contributed by atoms with Gasteiger partial charge in [-0.3, -0.25) is 9.59 Å². The predicted octanol–water partition coefficient (Wildman–Crippen LogP) is 2.74. The molecule has 0 aliphatic carbocycles. The fourth-order valence-electron chi connectivity index (χ4n) is 4.22. The first-order valence-electron chi connectivity index (χ1n) is 11.8. The van der Waals surface area contributed by atoms with Crippen LogP contribution in [0.1, 0.15) is 30.9 Å². The highest BCUT2D eigenvalue weighted by molar-refractivity contribution is 7.89. The van der Waals surface area contributed by atoms with Gasteiger partial charge in [-0.05, 0) is 55.3 Å². The lowest BCUT2D eigenvalue weighted by atomic mass is 10.0. The minimum atomic E-state index is -4.56. The van der Waals surface area contributed by atoms with Crippen molar-refractivity contribution in [3.05, 3.63) is 53.6 Å². The predicted molar refractivity (Wildman–Crippen MR) is 132 cm³/mol. The zero-order chi connectivity index (χ0) is 28.1. The van der Waals surface area contributed by atoms with E-state index in [9.17, 15) is 31.2 Å². The molecule has 208 valence electrons. The van der Waals surface area contributed by atoms with E-state index in [-0.39, 0.29) is 30.4 Å². The SMILES string of the molecule is COc1ccc(OC)c(C[C@@H](NC(C)=O)C(=O)NC2CCN(S(=O)(=O)c3ccc(C(F)(F)F)cc3)CC2)c1. The van der Waals surface area contributed by atoms with Crippen molar-refractivity contribution >= 4 is 21.8 Å². The maximum atomic E-state index is 13.1. The van der Waals surface area contributed by atoms with E-state index in [4.69, 9.17) is 9.47 Å². The summed E-state index contributed by atoms with van der Waals surface area (Å²) >= 11 is 0. The van der Waals surface area contributed by atoms with Crippen molar-refractivity contribution in [1.29, 1.82) is 0 Å². The van der Waals surface area contributed by atoms with E-state index in [0.29, 0.717) is 29.9 Å². The molecule has 38 heavy (non-hydrogen) atoms. The number of nitrogens with one attached hydrogen (secondary N) is 2. The van der Waals surface area contributed by atoms with Crippen LogP contribution in [0.3, 0.4) is 0 Å². The van der Waals surface area contributed by atoms with Gasteiger partial charge in [0.05, 0.1) is 24.7 Å². The summed E-state index contributed by atoms with van der Waals surface area (Å²) in [6.07, 6.45) is -3.85. The molecule has 3 rings (SSSR count). The highest BCUT2D eigenvalue weighted by atomic mass is 32.2. The topological polar surface area (TPSA) is 114 Å². The Balaban J connectivity index is 1.65. The summed E-state index contributed by atoms with van der Waals surface area (Å²) in [7, 11) is -0.994. The van der Waals surface area contributed by atoms with Gasteiger partial charge in [0.15, 0.2) is 0 Å². The Hall–Kier alpha value is -3.32. The standard InChI is InChI=1S/C25H30F3N3O6S/c1-16(32)29-22(15-17-14-20(36-2)6-9-23(17)37-3)24(33)30-19-10-12-31(13-11-19)38(34,35)21-7-4-18(5-8-21)25(26,27)28/h4-9,14,19,22H,10-13,15H2,1-3H3,(H,29,32)(H,30,33)/t22-/m1/s1. The number of amides is 2. The summed E-state index contributed by atoms with van der Waals surface area (Å²) in [5.41, 5.74) is -0.281. The number of hydrogen-bond acceptors (Lipinski definition) is 6. The van der Waals surface area contributed by atoms with Crippen molar-refractivity contribution < 1.29 is 40.7 Å². The third-order valence-electron chi connectivity index (χ3n) is 6.23. The van der Waals surface area contributed by atoms with E-state index in [2.05, 4.69) is 10.6 Å². The van der Waals surface area contributed by atoms with Crippen molar-refractivity contribution in [3.8, 4) is 11.5 Å². The molecule has 1 heterocycles. The molecule has 2 N–H and O–H groups in total. The molecular formula is C25H30F3N3O6S. The average Bonchev–Trinajstić information content (AvgIpc) is 2.87. The number of carbonyl (C=O) groups is 2. The number of rotatable bonds is 9. The van der Waals surface area contributed by atoms with Crippen LogP contribution in [0, 0.1) is 0 Å². The Bertz CT molecular complexity index is 1240. The van der Waals surface area contributed by atoms with E-state index in [1.807, 2.05) is 0 Å². The summed E-state index contributed by atoms with van der Waals surface area (Å²) < 4.78 is 76.0. The number of piperidine rings is 1. The number of benzene rings is 2. The first-order chi connectivity index (χ1) is 17.8. The second-order valence-corrected chi connectivity index (χ2v) is 10.8. The number of hydrogen-bond donors (Lipinski definition) is 2. The number of sulfonamides is 1. The van der Waals surface area contributed by atoms with Crippen molar-refractivity contribution in [2.24, 2.45) is 0 Å². The van der Waals surface area contributed by atoms with E-state index in [0.717, 1.165) is 24.3 Å². The highest BCUT2D eigenvalue weighted by Crippen LogP contribution is 2.31. The number of halogens is 3. The molecule has 2 amide bonds. The minimum Gasteiger partial charge on any atom is -0.497 e. The lowest BCUT2D eigenvalue weighted by Gasteiger charge is -2.32. The highest BCUT2D eigenvalue weighted by Gasteiger charge is 2.34. The molecule has 1 fully saturated rings. The number of ether oxygens (including phenoxy) is 2. The van der Waals surface area contributed by atoms with Gasteiger partial charge in [0.25, 0.3) is 0 Å². The van der Waals surface area contributed by atoms with Gasteiger partial charge < -0.3 is 20.1 Å². The van der Waals surface area contributed by atoms with Gasteiger partial charge in [0, 0.05) is 38.0 Å². The zero-order valence-electron chi connectivity index (χ0n) is 21.2. The molecule has 1 aliphatic rings. The zero-order valence-corrected chi connectivity index (χ0v) is 22.0. The molecule has 0 radical (unpaired) electrons. The van der Waals surface area contributed by atoms with Crippen LogP contribution in [-0.4, -0.2) is 63.9 Å². The molecule has 2 aromatic rings. The number of methoxy groups -OCH3 is 2. The van der Waals surface area contributed by atoms with Crippen LogP contribution in [0.25, 0.3) is 0 Å². The van der Waals surface area contributed by atoms with Crippen LogP contribution >= 0.6 is 0 Å². The molecule has 0 bridgehead atoms. The first kappa shape index (κ1) is 29.2. The summed E-state index contributed by atoms with van der Waals surface area (Å²) in [5.74, 6) is 0.249. The molecular weight excluding hydrogens is 527 g/mol. The summed E-state index contributed by atoms with van der Waals surface area (Å²) in [6.45, 7) is 1.44. The molecule has 9 nitrogen and oxygen atoms in total. The summed E-state index contributed by atoms with van der Waals surface area (Å²) in [6, 6.07) is 7.21. The van der Waals surface area contributed by atoms with Crippen molar-refractivity contribution in [2.75, 3.05) is 27.3 Å². The van der Waals surface area contributed by atoms with E-state index in [1.54, 1.807) is 18.2 Å². The molecule has 0 unspecified atom stereocenters. The molecule has 0 aromatic heterocycles. The first-order valence-corrected chi connectivity index (χ1v) is 13.2. The van der Waals surface area contributed by atoms with Crippen LogP contribution in [0.4, 0.5) is 13.2 Å². The van der Waals surface area contributed by atoms with Crippen molar-refractivity contribution in [2.45, 2.75) is 49.3 Å². The Morgan fingerprint density at radius 3 is 2.21 bits per heavy atom. The van der Waals surface area contributed by atoms with Gasteiger partial charge in [-0.2, -0.15) is 17.5 Å². The fraction of sp³-hybridized carbons (Fsp3) is 0.440. The smallest absolute Gasteiger partial charge is 0.416 e. The second-order valence-electron chi connectivity index (χ2n) is 8.84. The van der Waals surface area contributed by atoms with Crippen molar-refractivity contribution in [3.63, 3.8) is 0 Å². The minimum absolute atomic E-state index is 0.0722. The van der Waals surface area contributed by atoms with Crippen molar-refractivity contribution in [1.82, 2.24) is 14.9 Å². The molecule has 1 atom stereocenters. The Morgan fingerprint density at radius 2 is 1.68 bits per heavy atom. The monoisotopic (exact) mass is 557 g/mol. The molecule has 1 aliphatic heterocycles. The van der Waals surface area contributed by atoms with Crippen LogP contribution < -0.4 is 20.1 Å². The van der Waals surface area contributed by atoms with Gasteiger partial charge in [-0.25, -0.2) is 8.42 Å². The third kappa shape index (κ3) is 7.16. The van der Waals surface area contributed by atoms with Gasteiger partial charge >= 0.3 is 6.18 Å². The summed E-state index contributed by atoms with van der Waals surface area (Å²) in [4.78, 5) is 24.7. The Morgan fingerprint density at radius 1 is 1.05 bits per heavy atom. The van der Waals surface area contributed by atoms with Crippen LogP contribution in [0.2, 0.25) is 0 Å². The normalized spacial score (nSPS) is 15.9. The maximum Gasteiger partial charge on any atom is 0.416 e. The van der Waals surface area contributed by atoms with Gasteiger partial charge in [0.1, 0.15) is 17.5 Å². The van der Waals surface area contributed by atoms with Gasteiger partial charge in [-0.15, -0.1) is 0 Å². The molecule has 0 saturated carbocycles. The fourth-order valence-corrected chi connectivity index (χ4v) is 5.69. The number of carbonyl (C=O) groups excluding carboxylic acids is 2. The molecule has 1 saturated heterocycles. The van der Waals surface area contributed by atoms with Gasteiger partial charge in [-0.1, -0.05) is 0 Å². The van der Waals surface area contributed by atoms with Crippen LogP contribution in [-0.2, 0) is 32.2 Å². The Labute approximate surface area is 219 Å². The molecule has 13 heteroatoms. The number of nitrogens with zero attached hydrogens (tertiary/aromatic N) is 1. The number of alkyl halides is 3.